The second-order valence-corrected chi connectivity index (χ2v) is 7.55. The van der Waals surface area contributed by atoms with Crippen LogP contribution in [-0.2, 0) is 11.2 Å². The van der Waals surface area contributed by atoms with Gasteiger partial charge in [-0.15, -0.1) is 0 Å². The Bertz CT molecular complexity index is 395. The number of aryl methyl sites for hydroxylation is 2. The maximum absolute atomic E-state index is 5.97. The molecule has 1 atom stereocenters. The van der Waals surface area contributed by atoms with E-state index in [0.29, 0.717) is 6.04 Å². The minimum atomic E-state index is 0.228. The van der Waals surface area contributed by atoms with Crippen LogP contribution in [-0.4, -0.2) is 11.8 Å². The Labute approximate surface area is 123 Å². The van der Waals surface area contributed by atoms with Crippen LogP contribution in [0.2, 0.25) is 0 Å². The van der Waals surface area contributed by atoms with Gasteiger partial charge in [0.15, 0.2) is 0 Å². The van der Waals surface area contributed by atoms with Crippen molar-refractivity contribution in [2.24, 2.45) is 5.73 Å². The molecule has 1 unspecified atom stereocenters. The number of benzene rings is 1. The summed E-state index contributed by atoms with van der Waals surface area (Å²) in [6.45, 7) is 13.4. The highest BCUT2D eigenvalue weighted by atomic mass is 32.2. The van der Waals surface area contributed by atoms with Crippen LogP contribution in [0.3, 0.4) is 0 Å². The van der Waals surface area contributed by atoms with Crippen LogP contribution >= 0.6 is 11.8 Å². The van der Waals surface area contributed by atoms with Crippen LogP contribution in [0.5, 0.6) is 0 Å². The molecular formula is C17H29NS. The molecule has 0 radical (unpaired) electrons. The first-order valence-electron chi connectivity index (χ1n) is 7.19. The van der Waals surface area contributed by atoms with Gasteiger partial charge in [-0.05, 0) is 47.9 Å². The predicted molar refractivity (Wildman–Crippen MR) is 89.0 cm³/mol. The molecule has 0 saturated carbocycles. The Kier molecular flexibility index (Phi) is 5.94. The van der Waals surface area contributed by atoms with Gasteiger partial charge < -0.3 is 5.73 Å². The van der Waals surface area contributed by atoms with Crippen molar-refractivity contribution in [2.75, 3.05) is 5.75 Å². The summed E-state index contributed by atoms with van der Waals surface area (Å²) in [5.41, 5.74) is 12.0. The van der Waals surface area contributed by atoms with Crippen LogP contribution in [0, 0.1) is 13.8 Å². The van der Waals surface area contributed by atoms with Crippen molar-refractivity contribution in [1.29, 1.82) is 0 Å². The van der Waals surface area contributed by atoms with Crippen molar-refractivity contribution in [3.8, 4) is 0 Å². The first-order chi connectivity index (χ1) is 8.75. The molecule has 108 valence electrons. The fourth-order valence-corrected chi connectivity index (χ4v) is 3.40. The Morgan fingerprint density at radius 1 is 1.16 bits per heavy atom. The molecule has 0 aliphatic heterocycles. The summed E-state index contributed by atoms with van der Waals surface area (Å²) in [4.78, 5) is 0. The summed E-state index contributed by atoms with van der Waals surface area (Å²) in [5, 5.41) is 0. The van der Waals surface area contributed by atoms with Crippen LogP contribution < -0.4 is 5.73 Å². The topological polar surface area (TPSA) is 26.0 Å². The highest BCUT2D eigenvalue weighted by Crippen LogP contribution is 2.28. The van der Waals surface area contributed by atoms with Crippen LogP contribution in [0.1, 0.15) is 56.4 Å². The summed E-state index contributed by atoms with van der Waals surface area (Å²) in [7, 11) is 0. The molecule has 0 aromatic heterocycles. The van der Waals surface area contributed by atoms with Gasteiger partial charge in [-0.2, -0.15) is 11.8 Å². The molecule has 0 spiro atoms. The number of rotatable bonds is 5. The molecule has 0 bridgehead atoms. The third-order valence-corrected chi connectivity index (χ3v) is 4.82. The van der Waals surface area contributed by atoms with E-state index in [-0.39, 0.29) is 5.41 Å². The summed E-state index contributed by atoms with van der Waals surface area (Å²) < 4.78 is 0. The van der Waals surface area contributed by atoms with E-state index >= 15 is 0 Å². The van der Waals surface area contributed by atoms with Gasteiger partial charge in [0.25, 0.3) is 0 Å². The summed E-state index contributed by atoms with van der Waals surface area (Å²) in [6, 6.07) is 5.03. The molecule has 0 fully saturated rings. The van der Waals surface area contributed by atoms with E-state index in [1.807, 2.05) is 11.8 Å². The molecule has 1 rings (SSSR count). The van der Waals surface area contributed by atoms with Gasteiger partial charge >= 0.3 is 0 Å². The summed E-state index contributed by atoms with van der Waals surface area (Å²) >= 11 is 1.96. The third-order valence-electron chi connectivity index (χ3n) is 3.66. The maximum atomic E-state index is 5.97. The molecule has 0 saturated heterocycles. The van der Waals surface area contributed by atoms with E-state index in [9.17, 15) is 0 Å². The van der Waals surface area contributed by atoms with Gasteiger partial charge in [-0.1, -0.05) is 39.8 Å². The molecule has 0 aliphatic carbocycles. The van der Waals surface area contributed by atoms with E-state index in [0.717, 1.165) is 17.9 Å². The zero-order chi connectivity index (χ0) is 14.6. The zero-order valence-electron chi connectivity index (χ0n) is 13.3. The molecule has 0 amide bonds. The average molecular weight is 279 g/mol. The fraction of sp³-hybridized carbons (Fsp3) is 0.647. The van der Waals surface area contributed by atoms with Crippen molar-refractivity contribution in [3.05, 3.63) is 34.4 Å². The van der Waals surface area contributed by atoms with E-state index < -0.39 is 0 Å². The lowest BCUT2D eigenvalue weighted by molar-refractivity contribution is 0.589. The van der Waals surface area contributed by atoms with Crippen LogP contribution in [0.15, 0.2) is 12.1 Å². The highest BCUT2D eigenvalue weighted by molar-refractivity contribution is 7.98. The third kappa shape index (κ3) is 4.85. The van der Waals surface area contributed by atoms with Crippen molar-refractivity contribution < 1.29 is 0 Å². The highest BCUT2D eigenvalue weighted by Gasteiger charge is 2.16. The molecule has 19 heavy (non-hydrogen) atoms. The number of thioether (sulfide) groups is 1. The number of hydrogen-bond donors (Lipinski definition) is 1. The van der Waals surface area contributed by atoms with Crippen LogP contribution in [0.25, 0.3) is 0 Å². The largest absolute Gasteiger partial charge is 0.327 e. The first kappa shape index (κ1) is 16.6. The average Bonchev–Trinajstić information content (AvgIpc) is 2.30. The van der Waals surface area contributed by atoms with E-state index in [4.69, 9.17) is 5.73 Å². The Balaban J connectivity index is 2.80. The lowest BCUT2D eigenvalue weighted by atomic mass is 9.84. The lowest BCUT2D eigenvalue weighted by Crippen LogP contribution is -2.21. The summed E-state index contributed by atoms with van der Waals surface area (Å²) in [6.07, 6.45) is 1.06. The molecule has 0 aliphatic rings. The fourth-order valence-electron chi connectivity index (χ4n) is 2.08. The molecule has 1 aromatic rings. The predicted octanol–water partition coefficient (Wildman–Crippen LogP) is 4.57. The minimum Gasteiger partial charge on any atom is -0.327 e. The molecular weight excluding hydrogens is 250 g/mol. The van der Waals surface area contributed by atoms with Gasteiger partial charge in [-0.25, -0.2) is 0 Å². The second-order valence-electron chi connectivity index (χ2n) is 6.52. The SMILES string of the molecule is CCC(N)CSCc1c(C)cc(C(C)(C)C)cc1C. The van der Waals surface area contributed by atoms with Crippen LogP contribution in [0.4, 0.5) is 0 Å². The Morgan fingerprint density at radius 2 is 1.68 bits per heavy atom. The number of nitrogens with two attached hydrogens (primary N) is 1. The molecule has 0 heterocycles. The quantitative estimate of drug-likeness (QED) is 0.854. The van der Waals surface area contributed by atoms with Gasteiger partial charge in [0.05, 0.1) is 0 Å². The number of hydrogen-bond acceptors (Lipinski definition) is 2. The Morgan fingerprint density at radius 3 is 2.11 bits per heavy atom. The van der Waals surface area contributed by atoms with Gasteiger partial charge in [0, 0.05) is 17.5 Å². The van der Waals surface area contributed by atoms with Crippen molar-refractivity contribution >= 4 is 11.8 Å². The van der Waals surface area contributed by atoms with Gasteiger partial charge in [-0.3, -0.25) is 0 Å². The second kappa shape index (κ2) is 6.81. The maximum Gasteiger partial charge on any atom is 0.0190 e. The molecule has 2 heteroatoms. The van der Waals surface area contributed by atoms with E-state index in [2.05, 4.69) is 53.7 Å². The van der Waals surface area contributed by atoms with Crippen molar-refractivity contribution in [2.45, 2.75) is 65.2 Å². The zero-order valence-corrected chi connectivity index (χ0v) is 14.2. The molecule has 1 nitrogen and oxygen atoms in total. The minimum absolute atomic E-state index is 0.228. The summed E-state index contributed by atoms with van der Waals surface area (Å²) in [5.74, 6) is 2.13. The molecule has 1 aromatic carbocycles. The standard InChI is InChI=1S/C17H29NS/c1-7-15(18)10-19-11-16-12(2)8-14(9-13(16)3)17(4,5)6/h8-9,15H,7,10-11,18H2,1-6H3. The van der Waals surface area contributed by atoms with Gasteiger partial charge in [0.2, 0.25) is 0 Å². The lowest BCUT2D eigenvalue weighted by Gasteiger charge is -2.22. The monoisotopic (exact) mass is 279 g/mol. The molecule has 2 N–H and O–H groups in total. The first-order valence-corrected chi connectivity index (χ1v) is 8.35. The smallest absolute Gasteiger partial charge is 0.0190 e. The van der Waals surface area contributed by atoms with E-state index in [1.54, 1.807) is 0 Å². The van der Waals surface area contributed by atoms with Crippen molar-refractivity contribution in [1.82, 2.24) is 0 Å². The normalized spacial score (nSPS) is 13.6. The van der Waals surface area contributed by atoms with E-state index in [1.165, 1.54) is 22.3 Å². The van der Waals surface area contributed by atoms with Gasteiger partial charge in [0.1, 0.15) is 0 Å². The van der Waals surface area contributed by atoms with Crippen molar-refractivity contribution in [3.63, 3.8) is 0 Å². The Hall–Kier alpha value is -0.470.